The summed E-state index contributed by atoms with van der Waals surface area (Å²) in [6, 6.07) is 0.211. The van der Waals surface area contributed by atoms with Crippen molar-refractivity contribution in [1.29, 1.82) is 0 Å². The molecule has 2 aliphatic rings. The summed E-state index contributed by atoms with van der Waals surface area (Å²) in [5.74, 6) is 2.07. The molecule has 2 atom stereocenters. The van der Waals surface area contributed by atoms with E-state index in [-0.39, 0.29) is 17.7 Å². The minimum absolute atomic E-state index is 0.0566. The monoisotopic (exact) mass is 316 g/mol. The van der Waals surface area contributed by atoms with Gasteiger partial charge in [-0.25, -0.2) is 9.50 Å². The largest absolute Gasteiger partial charge is 0.480 e. The molecule has 0 bridgehead atoms. The summed E-state index contributed by atoms with van der Waals surface area (Å²) >= 11 is 0. The third-order valence-corrected chi connectivity index (χ3v) is 4.65. The Balaban J connectivity index is 1.92. The van der Waals surface area contributed by atoms with Crippen molar-refractivity contribution >= 4 is 11.5 Å². The highest BCUT2D eigenvalue weighted by Gasteiger charge is 2.45. The second-order valence-corrected chi connectivity index (χ2v) is 7.75. The van der Waals surface area contributed by atoms with Crippen LogP contribution in [-0.4, -0.2) is 45.5 Å². The van der Waals surface area contributed by atoms with Crippen LogP contribution in [0.3, 0.4) is 0 Å². The standard InChI is InChI=1S/C17H24N4O2/c1-10(2)11-6-18-20-7-13-16(19-15(11)20)21(17(3,4)5)12-8-22-9-14(12)23-13/h6-7,10,12,14H,8-9H2,1-5H3/t12-,14+/m1/s1. The highest BCUT2D eigenvalue weighted by atomic mass is 16.6. The van der Waals surface area contributed by atoms with Gasteiger partial charge in [-0.15, -0.1) is 0 Å². The molecule has 1 fully saturated rings. The Morgan fingerprint density at radius 2 is 2.04 bits per heavy atom. The molecule has 0 N–H and O–H groups in total. The molecule has 2 aromatic heterocycles. The molecule has 0 unspecified atom stereocenters. The summed E-state index contributed by atoms with van der Waals surface area (Å²) in [6.45, 7) is 12.3. The molecule has 0 aliphatic carbocycles. The second kappa shape index (κ2) is 4.84. The fraction of sp³-hybridized carbons (Fsp3) is 0.647. The van der Waals surface area contributed by atoms with Crippen molar-refractivity contribution < 1.29 is 9.47 Å². The van der Waals surface area contributed by atoms with Gasteiger partial charge >= 0.3 is 0 Å². The van der Waals surface area contributed by atoms with Crippen LogP contribution in [0.5, 0.6) is 5.75 Å². The lowest BCUT2D eigenvalue weighted by Gasteiger charge is -2.46. The highest BCUT2D eigenvalue weighted by Crippen LogP contribution is 2.41. The predicted molar refractivity (Wildman–Crippen MR) is 88.3 cm³/mol. The topological polar surface area (TPSA) is 51.9 Å². The number of fused-ring (bicyclic) bond motifs is 3. The van der Waals surface area contributed by atoms with Crippen molar-refractivity contribution in [2.24, 2.45) is 0 Å². The maximum Gasteiger partial charge on any atom is 0.180 e. The first-order valence-corrected chi connectivity index (χ1v) is 8.28. The molecule has 6 nitrogen and oxygen atoms in total. The average molecular weight is 316 g/mol. The number of anilines is 1. The third kappa shape index (κ3) is 2.19. The fourth-order valence-electron chi connectivity index (χ4n) is 3.58. The Labute approximate surface area is 136 Å². The van der Waals surface area contributed by atoms with E-state index in [0.717, 1.165) is 22.8 Å². The average Bonchev–Trinajstić information content (AvgIpc) is 3.06. The van der Waals surface area contributed by atoms with Gasteiger partial charge in [-0.3, -0.25) is 0 Å². The Morgan fingerprint density at radius 1 is 1.26 bits per heavy atom. The maximum absolute atomic E-state index is 6.17. The molecule has 1 saturated heterocycles. The van der Waals surface area contributed by atoms with Gasteiger partial charge in [0.05, 0.1) is 31.6 Å². The smallest absolute Gasteiger partial charge is 0.180 e. The molecule has 2 aromatic rings. The van der Waals surface area contributed by atoms with Gasteiger partial charge in [-0.2, -0.15) is 5.10 Å². The lowest BCUT2D eigenvalue weighted by atomic mass is 9.99. The van der Waals surface area contributed by atoms with Gasteiger partial charge in [0.25, 0.3) is 0 Å². The van der Waals surface area contributed by atoms with Gasteiger partial charge in [0.2, 0.25) is 0 Å². The molecule has 124 valence electrons. The third-order valence-electron chi connectivity index (χ3n) is 4.65. The molecule has 0 saturated carbocycles. The molecule has 0 aromatic carbocycles. The molecule has 0 spiro atoms. The zero-order chi connectivity index (χ0) is 16.4. The van der Waals surface area contributed by atoms with Crippen LogP contribution in [-0.2, 0) is 4.74 Å². The lowest BCUT2D eigenvalue weighted by Crippen LogP contribution is -2.57. The number of rotatable bonds is 1. The van der Waals surface area contributed by atoms with Crippen molar-refractivity contribution in [2.75, 3.05) is 18.1 Å². The Bertz CT molecular complexity index is 747. The van der Waals surface area contributed by atoms with E-state index in [1.807, 2.05) is 16.9 Å². The van der Waals surface area contributed by atoms with Crippen LogP contribution < -0.4 is 9.64 Å². The minimum atomic E-state index is -0.0570. The van der Waals surface area contributed by atoms with E-state index in [4.69, 9.17) is 14.5 Å². The van der Waals surface area contributed by atoms with Crippen LogP contribution in [0, 0.1) is 0 Å². The van der Waals surface area contributed by atoms with E-state index in [2.05, 4.69) is 44.6 Å². The van der Waals surface area contributed by atoms with Crippen LogP contribution in [0.1, 0.15) is 46.1 Å². The molecule has 6 heteroatoms. The van der Waals surface area contributed by atoms with Gasteiger partial charge in [-0.1, -0.05) is 13.8 Å². The first kappa shape index (κ1) is 14.8. The Morgan fingerprint density at radius 3 is 2.74 bits per heavy atom. The second-order valence-electron chi connectivity index (χ2n) is 7.75. The van der Waals surface area contributed by atoms with Gasteiger partial charge in [0.15, 0.2) is 17.2 Å². The van der Waals surface area contributed by atoms with E-state index < -0.39 is 0 Å². The number of hydrogen-bond donors (Lipinski definition) is 0. The number of nitrogens with zero attached hydrogens (tertiary/aromatic N) is 4. The van der Waals surface area contributed by atoms with Gasteiger partial charge in [0.1, 0.15) is 6.10 Å². The molecule has 0 radical (unpaired) electrons. The zero-order valence-electron chi connectivity index (χ0n) is 14.4. The van der Waals surface area contributed by atoms with Crippen LogP contribution in [0.15, 0.2) is 12.4 Å². The molecular weight excluding hydrogens is 292 g/mol. The van der Waals surface area contributed by atoms with E-state index in [9.17, 15) is 0 Å². The van der Waals surface area contributed by atoms with Crippen molar-refractivity contribution in [3.63, 3.8) is 0 Å². The van der Waals surface area contributed by atoms with E-state index in [1.165, 1.54) is 0 Å². The first-order valence-electron chi connectivity index (χ1n) is 8.28. The van der Waals surface area contributed by atoms with Gasteiger partial charge in [0, 0.05) is 11.1 Å². The zero-order valence-corrected chi connectivity index (χ0v) is 14.4. The highest BCUT2D eigenvalue weighted by molar-refractivity contribution is 5.63. The molecule has 4 rings (SSSR count). The predicted octanol–water partition coefficient (Wildman–Crippen LogP) is 2.62. The summed E-state index contributed by atoms with van der Waals surface area (Å²) < 4.78 is 13.7. The molecular formula is C17H24N4O2. The Hall–Kier alpha value is -1.82. The van der Waals surface area contributed by atoms with E-state index >= 15 is 0 Å². The normalized spacial score (nSPS) is 24.0. The van der Waals surface area contributed by atoms with E-state index in [0.29, 0.717) is 19.1 Å². The molecule has 0 amide bonds. The number of hydrogen-bond acceptors (Lipinski definition) is 5. The quantitative estimate of drug-likeness (QED) is 0.809. The fourth-order valence-corrected chi connectivity index (χ4v) is 3.58. The lowest BCUT2D eigenvalue weighted by molar-refractivity contribution is 0.133. The summed E-state index contributed by atoms with van der Waals surface area (Å²) in [7, 11) is 0. The summed E-state index contributed by atoms with van der Waals surface area (Å²) in [5.41, 5.74) is 2.01. The molecule has 4 heterocycles. The van der Waals surface area contributed by atoms with Gasteiger partial charge in [-0.05, 0) is 26.7 Å². The van der Waals surface area contributed by atoms with Crippen LogP contribution in [0.2, 0.25) is 0 Å². The first-order chi connectivity index (χ1) is 10.9. The van der Waals surface area contributed by atoms with Gasteiger partial charge < -0.3 is 14.4 Å². The van der Waals surface area contributed by atoms with Crippen molar-refractivity contribution in [3.05, 3.63) is 18.0 Å². The summed E-state index contributed by atoms with van der Waals surface area (Å²) in [5, 5.41) is 4.45. The van der Waals surface area contributed by atoms with Crippen molar-refractivity contribution in [1.82, 2.24) is 14.6 Å². The number of aromatic nitrogens is 3. The maximum atomic E-state index is 6.17. The minimum Gasteiger partial charge on any atom is -0.480 e. The number of ether oxygens (including phenoxy) is 2. The van der Waals surface area contributed by atoms with Crippen LogP contribution >= 0.6 is 0 Å². The van der Waals surface area contributed by atoms with Crippen LogP contribution in [0.4, 0.5) is 5.82 Å². The van der Waals surface area contributed by atoms with E-state index in [1.54, 1.807) is 0 Å². The SMILES string of the molecule is CC(C)c1cnn2cc3c(nc12)N(C(C)(C)C)[C@@H]1COC[C@@H]1O3. The van der Waals surface area contributed by atoms with Crippen LogP contribution in [0.25, 0.3) is 5.65 Å². The molecule has 2 aliphatic heterocycles. The summed E-state index contributed by atoms with van der Waals surface area (Å²) in [6.07, 6.45) is 3.92. The Kier molecular flexibility index (Phi) is 3.10. The molecule has 23 heavy (non-hydrogen) atoms. The van der Waals surface area contributed by atoms with Crippen molar-refractivity contribution in [3.8, 4) is 5.75 Å². The summed E-state index contributed by atoms with van der Waals surface area (Å²) in [4.78, 5) is 7.31. The van der Waals surface area contributed by atoms with Crippen molar-refractivity contribution in [2.45, 2.75) is 58.2 Å².